The van der Waals surface area contributed by atoms with E-state index in [-0.39, 0.29) is 0 Å². The summed E-state index contributed by atoms with van der Waals surface area (Å²) in [5, 5.41) is 11.9. The van der Waals surface area contributed by atoms with E-state index in [2.05, 4.69) is 216 Å². The van der Waals surface area contributed by atoms with Crippen LogP contribution < -0.4 is 4.90 Å². The minimum absolute atomic E-state index is 0.852. The Bertz CT molecular complexity index is 3520. The van der Waals surface area contributed by atoms with Crippen LogP contribution in [0.5, 0.6) is 0 Å². The third-order valence-electron chi connectivity index (χ3n) is 11.7. The molecule has 12 aromatic rings. The van der Waals surface area contributed by atoms with Gasteiger partial charge in [-0.3, -0.25) is 0 Å². The van der Waals surface area contributed by atoms with Crippen molar-refractivity contribution in [2.45, 2.75) is 0 Å². The van der Waals surface area contributed by atoms with Gasteiger partial charge in [0.2, 0.25) is 0 Å². The lowest BCUT2D eigenvalue weighted by molar-refractivity contribution is 0.669. The second-order valence-electron chi connectivity index (χ2n) is 14.9. The number of nitrogens with zero attached hydrogens (tertiary/aromatic N) is 2. The van der Waals surface area contributed by atoms with Crippen LogP contribution in [0, 0.1) is 0 Å². The molecule has 10 aromatic carbocycles. The summed E-state index contributed by atoms with van der Waals surface area (Å²) in [6.45, 7) is 0. The summed E-state index contributed by atoms with van der Waals surface area (Å²) in [5.41, 5.74) is 10.6. The molecule has 0 aliphatic rings. The van der Waals surface area contributed by atoms with Crippen LogP contribution in [-0.2, 0) is 0 Å². The smallest absolute Gasteiger partial charge is 0.138 e. The van der Waals surface area contributed by atoms with E-state index in [0.29, 0.717) is 0 Å². The van der Waals surface area contributed by atoms with E-state index >= 15 is 0 Å². The Morgan fingerprint density at radius 1 is 0.351 bits per heavy atom. The summed E-state index contributed by atoms with van der Waals surface area (Å²) in [7, 11) is 0. The topological polar surface area (TPSA) is 21.3 Å². The van der Waals surface area contributed by atoms with Crippen molar-refractivity contribution in [1.82, 2.24) is 4.57 Å². The Kier molecular flexibility index (Phi) is 6.93. The molecule has 3 nitrogen and oxygen atoms in total. The first kappa shape index (κ1) is 31.7. The van der Waals surface area contributed by atoms with Crippen molar-refractivity contribution in [3.8, 4) is 16.8 Å². The predicted octanol–water partition coefficient (Wildman–Crippen LogP) is 15.3. The fourth-order valence-electron chi connectivity index (χ4n) is 9.13. The van der Waals surface area contributed by atoms with Crippen molar-refractivity contribution in [1.29, 1.82) is 0 Å². The molecule has 0 fully saturated rings. The zero-order valence-corrected chi connectivity index (χ0v) is 30.9. The molecule has 0 bridgehead atoms. The van der Waals surface area contributed by atoms with Gasteiger partial charge in [0.25, 0.3) is 0 Å². The normalized spacial score (nSPS) is 11.9. The number of furan rings is 1. The Morgan fingerprint density at radius 2 is 0.982 bits per heavy atom. The first-order chi connectivity index (χ1) is 28.3. The molecule has 3 heteroatoms. The lowest BCUT2D eigenvalue weighted by Crippen LogP contribution is -2.10. The van der Waals surface area contributed by atoms with Gasteiger partial charge in [0.1, 0.15) is 11.2 Å². The molecule has 0 N–H and O–H groups in total. The summed E-state index contributed by atoms with van der Waals surface area (Å²) in [6, 6.07) is 74.5. The maximum absolute atomic E-state index is 6.91. The zero-order chi connectivity index (χ0) is 37.5. The zero-order valence-electron chi connectivity index (χ0n) is 30.9. The molecule has 266 valence electrons. The Morgan fingerprint density at radius 3 is 1.81 bits per heavy atom. The van der Waals surface area contributed by atoms with E-state index < -0.39 is 0 Å². The molecule has 0 unspecified atom stereocenters. The van der Waals surface area contributed by atoms with Gasteiger partial charge in [-0.2, -0.15) is 0 Å². The molecule has 0 atom stereocenters. The fourth-order valence-corrected chi connectivity index (χ4v) is 9.13. The molecule has 0 radical (unpaired) electrons. The molecule has 0 saturated carbocycles. The molecule has 57 heavy (non-hydrogen) atoms. The predicted molar refractivity (Wildman–Crippen MR) is 241 cm³/mol. The second kappa shape index (κ2) is 12.5. The molecular formula is C54H34N2O. The summed E-state index contributed by atoms with van der Waals surface area (Å²) in [5.74, 6) is 0. The maximum atomic E-state index is 6.91. The summed E-state index contributed by atoms with van der Waals surface area (Å²) >= 11 is 0. The number of hydrogen-bond donors (Lipinski definition) is 0. The number of fused-ring (bicyclic) bond motifs is 11. The van der Waals surface area contributed by atoms with Crippen LogP contribution in [0.1, 0.15) is 0 Å². The van der Waals surface area contributed by atoms with Crippen LogP contribution in [-0.4, -0.2) is 4.57 Å². The number of anilines is 3. The maximum Gasteiger partial charge on any atom is 0.138 e. The number of rotatable bonds is 5. The van der Waals surface area contributed by atoms with Crippen molar-refractivity contribution >= 4 is 93.1 Å². The molecule has 0 aliphatic carbocycles. The van der Waals surface area contributed by atoms with Gasteiger partial charge in [-0.05, 0) is 110 Å². The van der Waals surface area contributed by atoms with E-state index in [0.717, 1.165) is 55.8 Å². The van der Waals surface area contributed by atoms with E-state index in [1.807, 2.05) is 0 Å². The molecule has 2 aromatic heterocycles. The van der Waals surface area contributed by atoms with Crippen LogP contribution in [0.3, 0.4) is 0 Å². The largest absolute Gasteiger partial charge is 0.456 e. The van der Waals surface area contributed by atoms with Gasteiger partial charge < -0.3 is 13.9 Å². The number of para-hydroxylation sites is 3. The third-order valence-corrected chi connectivity index (χ3v) is 11.7. The monoisotopic (exact) mass is 726 g/mol. The van der Waals surface area contributed by atoms with Crippen LogP contribution in [0.15, 0.2) is 211 Å². The van der Waals surface area contributed by atoms with Gasteiger partial charge in [-0.25, -0.2) is 0 Å². The highest BCUT2D eigenvalue weighted by Gasteiger charge is 2.23. The van der Waals surface area contributed by atoms with Crippen molar-refractivity contribution in [2.24, 2.45) is 0 Å². The number of aromatic nitrogens is 1. The Labute approximate surface area is 328 Å². The molecule has 0 aliphatic heterocycles. The molecule has 0 saturated heterocycles. The lowest BCUT2D eigenvalue weighted by Gasteiger charge is -2.27. The van der Waals surface area contributed by atoms with Crippen LogP contribution in [0.2, 0.25) is 0 Å². The molecular weight excluding hydrogens is 693 g/mol. The average molecular weight is 727 g/mol. The summed E-state index contributed by atoms with van der Waals surface area (Å²) in [4.78, 5) is 2.42. The third kappa shape index (κ3) is 4.92. The van der Waals surface area contributed by atoms with Crippen molar-refractivity contribution in [3.05, 3.63) is 206 Å². The summed E-state index contributed by atoms with van der Waals surface area (Å²) < 4.78 is 9.30. The number of hydrogen-bond acceptors (Lipinski definition) is 2. The Balaban J connectivity index is 1.18. The standard InChI is InChI=1S/C54H34N2O/c1-3-15-40(16-4-1)55(42-28-25-37-24-23-35-13-7-9-19-43(35)47(37)34-42)50-32-39(33-52-54(50)53-44-20-10-8-14-36(44)27-30-51(53)57-52)38-26-29-46-45-21-11-12-22-48(45)56(49(46)31-38)41-17-5-2-6-18-41/h1-34H. The molecule has 2 heterocycles. The van der Waals surface area contributed by atoms with Crippen molar-refractivity contribution in [3.63, 3.8) is 0 Å². The van der Waals surface area contributed by atoms with Gasteiger partial charge in [-0.15, -0.1) is 0 Å². The van der Waals surface area contributed by atoms with Gasteiger partial charge in [0.05, 0.1) is 22.1 Å². The van der Waals surface area contributed by atoms with E-state index in [9.17, 15) is 0 Å². The number of benzene rings is 10. The van der Waals surface area contributed by atoms with Crippen LogP contribution in [0.25, 0.3) is 92.9 Å². The van der Waals surface area contributed by atoms with E-state index in [1.165, 1.54) is 54.1 Å². The van der Waals surface area contributed by atoms with E-state index in [4.69, 9.17) is 4.42 Å². The highest BCUT2D eigenvalue weighted by Crippen LogP contribution is 2.48. The fraction of sp³-hybridized carbons (Fsp3) is 0. The highest BCUT2D eigenvalue weighted by atomic mass is 16.3. The van der Waals surface area contributed by atoms with Gasteiger partial charge >= 0.3 is 0 Å². The quantitative estimate of drug-likeness (QED) is 0.165. The molecule has 0 amide bonds. The van der Waals surface area contributed by atoms with Gasteiger partial charge in [0, 0.05) is 33.2 Å². The van der Waals surface area contributed by atoms with Crippen LogP contribution in [0.4, 0.5) is 17.1 Å². The first-order valence-electron chi connectivity index (χ1n) is 19.5. The SMILES string of the molecule is c1ccc(N(c2ccc3ccc4ccccc4c3c2)c2cc(-c3ccc4c5ccccc5n(-c5ccccc5)c4c3)cc3oc4ccc5ccccc5c4c23)cc1. The van der Waals surface area contributed by atoms with Crippen LogP contribution >= 0.6 is 0 Å². The van der Waals surface area contributed by atoms with Gasteiger partial charge in [-0.1, -0.05) is 140 Å². The molecule has 0 spiro atoms. The van der Waals surface area contributed by atoms with E-state index in [1.54, 1.807) is 0 Å². The first-order valence-corrected chi connectivity index (χ1v) is 19.5. The minimum atomic E-state index is 0.852. The molecule has 12 rings (SSSR count). The van der Waals surface area contributed by atoms with Gasteiger partial charge in [0.15, 0.2) is 0 Å². The highest BCUT2D eigenvalue weighted by molar-refractivity contribution is 6.24. The summed E-state index contributed by atoms with van der Waals surface area (Å²) in [6.07, 6.45) is 0. The van der Waals surface area contributed by atoms with Crippen molar-refractivity contribution < 1.29 is 4.42 Å². The average Bonchev–Trinajstić information content (AvgIpc) is 3.83. The second-order valence-corrected chi connectivity index (χ2v) is 14.9. The minimum Gasteiger partial charge on any atom is -0.456 e. The Hall–Kier alpha value is -7.62. The lowest BCUT2D eigenvalue weighted by atomic mass is 9.97. The van der Waals surface area contributed by atoms with Crippen molar-refractivity contribution in [2.75, 3.05) is 4.90 Å².